The molecule has 1 amide bonds. The van der Waals surface area contributed by atoms with E-state index in [0.717, 1.165) is 10.8 Å². The average molecular weight is 373 g/mol. The van der Waals surface area contributed by atoms with Crippen LogP contribution in [0.3, 0.4) is 0 Å². The van der Waals surface area contributed by atoms with Crippen molar-refractivity contribution in [3.63, 3.8) is 0 Å². The second-order valence-corrected chi connectivity index (χ2v) is 6.07. The van der Waals surface area contributed by atoms with Crippen LogP contribution in [0, 0.1) is 0 Å². The average Bonchev–Trinajstić information content (AvgIpc) is 3.13. The minimum atomic E-state index is -0.660. The van der Waals surface area contributed by atoms with E-state index >= 15 is 0 Å². The molecule has 7 nitrogen and oxygen atoms in total. The van der Waals surface area contributed by atoms with Gasteiger partial charge in [0.25, 0.3) is 11.5 Å². The van der Waals surface area contributed by atoms with Gasteiger partial charge in [-0.05, 0) is 23.8 Å². The highest BCUT2D eigenvalue weighted by Gasteiger charge is 2.15. The van der Waals surface area contributed by atoms with Crippen molar-refractivity contribution in [2.24, 2.45) is 0 Å². The fraction of sp³-hybridized carbons (Fsp3) is 0.167. The first-order valence-corrected chi connectivity index (χ1v) is 8.39. The molecule has 0 unspecified atom stereocenters. The Bertz CT molecular complexity index is 1020. The van der Waals surface area contributed by atoms with E-state index in [1.54, 1.807) is 24.3 Å². The minimum absolute atomic E-state index is 0.0155. The first-order chi connectivity index (χ1) is 12.6. The largest absolute Gasteiger partial charge is 0.353 e. The molecule has 2 N–H and O–H groups in total. The smallest absolute Gasteiger partial charge is 0.328 e. The summed E-state index contributed by atoms with van der Waals surface area (Å²) >= 11 is 6.09. The maximum absolute atomic E-state index is 12.6. The van der Waals surface area contributed by atoms with Crippen molar-refractivity contribution in [3.8, 4) is 0 Å². The SMILES string of the molecule is O=C(NCCn1cccc1)c1c[nH]c(=O)n(Cc2ccccc2Cl)c1=O. The van der Waals surface area contributed by atoms with Crippen molar-refractivity contribution >= 4 is 17.5 Å². The predicted octanol–water partition coefficient (Wildman–Crippen LogP) is 1.47. The van der Waals surface area contributed by atoms with Gasteiger partial charge in [-0.3, -0.25) is 14.2 Å². The third-order valence-electron chi connectivity index (χ3n) is 3.91. The molecule has 8 heteroatoms. The molecule has 0 fully saturated rings. The van der Waals surface area contributed by atoms with Crippen LogP contribution in [0.2, 0.25) is 5.02 Å². The van der Waals surface area contributed by atoms with E-state index in [1.807, 2.05) is 29.1 Å². The zero-order valence-electron chi connectivity index (χ0n) is 13.8. The molecule has 0 aliphatic heterocycles. The molecule has 0 aliphatic rings. The van der Waals surface area contributed by atoms with E-state index in [4.69, 9.17) is 11.6 Å². The lowest BCUT2D eigenvalue weighted by atomic mass is 10.2. The number of hydrogen-bond donors (Lipinski definition) is 2. The van der Waals surface area contributed by atoms with Crippen molar-refractivity contribution < 1.29 is 4.79 Å². The number of nitrogens with zero attached hydrogens (tertiary/aromatic N) is 2. The van der Waals surface area contributed by atoms with Crippen LogP contribution >= 0.6 is 11.6 Å². The number of hydrogen-bond acceptors (Lipinski definition) is 3. The van der Waals surface area contributed by atoms with E-state index in [1.165, 1.54) is 0 Å². The van der Waals surface area contributed by atoms with Crippen LogP contribution in [0.4, 0.5) is 0 Å². The Hall–Kier alpha value is -3.06. The summed E-state index contributed by atoms with van der Waals surface area (Å²) in [7, 11) is 0. The second-order valence-electron chi connectivity index (χ2n) is 5.67. The molecule has 134 valence electrons. The van der Waals surface area contributed by atoms with Gasteiger partial charge in [-0.1, -0.05) is 29.8 Å². The highest BCUT2D eigenvalue weighted by molar-refractivity contribution is 6.31. The molecule has 0 bridgehead atoms. The number of amides is 1. The molecule has 0 saturated heterocycles. The molecule has 0 spiro atoms. The highest BCUT2D eigenvalue weighted by atomic mass is 35.5. The molecule has 0 saturated carbocycles. The van der Waals surface area contributed by atoms with Gasteiger partial charge in [-0.2, -0.15) is 0 Å². The van der Waals surface area contributed by atoms with Crippen molar-refractivity contribution in [2.75, 3.05) is 6.54 Å². The zero-order valence-corrected chi connectivity index (χ0v) is 14.6. The lowest BCUT2D eigenvalue weighted by Crippen LogP contribution is -2.41. The van der Waals surface area contributed by atoms with Gasteiger partial charge in [0.1, 0.15) is 5.56 Å². The molecule has 3 aromatic rings. The summed E-state index contributed by atoms with van der Waals surface area (Å²) in [5, 5.41) is 3.12. The minimum Gasteiger partial charge on any atom is -0.353 e. The van der Waals surface area contributed by atoms with Crippen LogP contribution in [0.25, 0.3) is 0 Å². The molecule has 0 aliphatic carbocycles. The Balaban J connectivity index is 1.78. The van der Waals surface area contributed by atoms with Crippen LogP contribution in [-0.4, -0.2) is 26.6 Å². The number of carbonyl (C=O) groups is 1. The summed E-state index contributed by atoms with van der Waals surface area (Å²) in [6.07, 6.45) is 4.89. The summed E-state index contributed by atoms with van der Waals surface area (Å²) in [4.78, 5) is 39.3. The monoisotopic (exact) mass is 372 g/mol. The Morgan fingerprint density at radius 2 is 1.85 bits per heavy atom. The first kappa shape index (κ1) is 17.8. The van der Waals surface area contributed by atoms with Gasteiger partial charge >= 0.3 is 5.69 Å². The Morgan fingerprint density at radius 3 is 2.58 bits per heavy atom. The maximum atomic E-state index is 12.6. The zero-order chi connectivity index (χ0) is 18.5. The van der Waals surface area contributed by atoms with Gasteiger partial charge in [0.05, 0.1) is 6.54 Å². The molecular weight excluding hydrogens is 356 g/mol. The number of carbonyl (C=O) groups excluding carboxylic acids is 1. The van der Waals surface area contributed by atoms with Crippen molar-refractivity contribution in [1.29, 1.82) is 0 Å². The summed E-state index contributed by atoms with van der Waals surface area (Å²) in [6.45, 7) is 0.921. The number of halogens is 1. The summed E-state index contributed by atoms with van der Waals surface area (Å²) in [5.74, 6) is -0.536. The van der Waals surface area contributed by atoms with Gasteiger partial charge < -0.3 is 14.9 Å². The summed E-state index contributed by atoms with van der Waals surface area (Å²) in [5.41, 5.74) is -0.762. The number of nitrogens with one attached hydrogen (secondary N) is 2. The molecule has 3 rings (SSSR count). The molecule has 1 aromatic carbocycles. The number of benzene rings is 1. The Labute approximate surface area is 153 Å². The van der Waals surface area contributed by atoms with Gasteiger partial charge in [0.2, 0.25) is 0 Å². The lowest BCUT2D eigenvalue weighted by molar-refractivity contribution is 0.0949. The molecule has 0 radical (unpaired) electrons. The molecular formula is C18H17ClN4O3. The van der Waals surface area contributed by atoms with E-state index in [2.05, 4.69) is 10.3 Å². The van der Waals surface area contributed by atoms with Crippen LogP contribution in [0.5, 0.6) is 0 Å². The number of rotatable bonds is 6. The topological polar surface area (TPSA) is 88.9 Å². The number of aromatic nitrogens is 3. The third-order valence-corrected chi connectivity index (χ3v) is 4.28. The summed E-state index contributed by atoms with van der Waals surface area (Å²) < 4.78 is 2.87. The molecule has 0 atom stereocenters. The highest BCUT2D eigenvalue weighted by Crippen LogP contribution is 2.14. The van der Waals surface area contributed by atoms with Crippen molar-refractivity contribution in [3.05, 3.63) is 92.0 Å². The van der Waals surface area contributed by atoms with Crippen molar-refractivity contribution in [2.45, 2.75) is 13.1 Å². The molecule has 26 heavy (non-hydrogen) atoms. The second kappa shape index (κ2) is 7.88. The fourth-order valence-electron chi connectivity index (χ4n) is 2.53. The normalized spacial score (nSPS) is 10.7. The van der Waals surface area contributed by atoms with Gasteiger partial charge in [0.15, 0.2) is 0 Å². The van der Waals surface area contributed by atoms with Crippen LogP contribution in [-0.2, 0) is 13.1 Å². The fourth-order valence-corrected chi connectivity index (χ4v) is 2.72. The van der Waals surface area contributed by atoms with Gasteiger partial charge in [-0.25, -0.2) is 4.79 Å². The van der Waals surface area contributed by atoms with Gasteiger partial charge in [0, 0.05) is 36.7 Å². The standard InChI is InChI=1S/C18H17ClN4O3/c19-15-6-2-1-5-13(15)12-23-17(25)14(11-21-18(23)26)16(24)20-7-10-22-8-3-4-9-22/h1-6,8-9,11H,7,10,12H2,(H,20,24)(H,21,26). The van der Waals surface area contributed by atoms with E-state index in [9.17, 15) is 14.4 Å². The van der Waals surface area contributed by atoms with E-state index < -0.39 is 17.2 Å². The Morgan fingerprint density at radius 1 is 1.12 bits per heavy atom. The van der Waals surface area contributed by atoms with Crippen LogP contribution in [0.1, 0.15) is 15.9 Å². The van der Waals surface area contributed by atoms with Crippen LogP contribution < -0.4 is 16.6 Å². The Kier molecular flexibility index (Phi) is 5.38. The third kappa shape index (κ3) is 3.94. The van der Waals surface area contributed by atoms with E-state index in [-0.39, 0.29) is 12.1 Å². The molecule has 2 aromatic heterocycles. The van der Waals surface area contributed by atoms with Gasteiger partial charge in [-0.15, -0.1) is 0 Å². The number of H-pyrrole nitrogens is 1. The van der Waals surface area contributed by atoms with Crippen LogP contribution in [0.15, 0.2) is 64.6 Å². The molecule has 2 heterocycles. The van der Waals surface area contributed by atoms with E-state index in [0.29, 0.717) is 23.7 Å². The summed E-state index contributed by atoms with van der Waals surface area (Å²) in [6, 6.07) is 10.7. The van der Waals surface area contributed by atoms with Crippen molar-refractivity contribution in [1.82, 2.24) is 19.4 Å². The number of aromatic amines is 1. The quantitative estimate of drug-likeness (QED) is 0.686. The predicted molar refractivity (Wildman–Crippen MR) is 98.6 cm³/mol. The first-order valence-electron chi connectivity index (χ1n) is 8.01. The maximum Gasteiger partial charge on any atom is 0.328 e. The lowest BCUT2D eigenvalue weighted by Gasteiger charge is -2.09.